The van der Waals surface area contributed by atoms with Crippen LogP contribution in [0.25, 0.3) is 0 Å². The summed E-state index contributed by atoms with van der Waals surface area (Å²) >= 11 is 0. The molecule has 0 aliphatic carbocycles. The summed E-state index contributed by atoms with van der Waals surface area (Å²) < 4.78 is 0. The number of hydrogen-bond acceptors (Lipinski definition) is 3. The summed E-state index contributed by atoms with van der Waals surface area (Å²) in [6.07, 6.45) is 74.7. The maximum Gasteiger partial charge on any atom is 0.220 e. The van der Waals surface area contributed by atoms with Gasteiger partial charge in [-0.25, -0.2) is 0 Å². The quantitative estimate of drug-likeness (QED) is 0.0421. The van der Waals surface area contributed by atoms with E-state index in [0.29, 0.717) is 12.8 Å². The second-order valence-corrected chi connectivity index (χ2v) is 20.4. The van der Waals surface area contributed by atoms with E-state index in [0.717, 1.165) is 32.1 Å². The maximum absolute atomic E-state index is 12.5. The maximum atomic E-state index is 12.5. The van der Waals surface area contributed by atoms with Crippen molar-refractivity contribution < 1.29 is 15.0 Å². The Labute approximate surface area is 402 Å². The van der Waals surface area contributed by atoms with E-state index in [9.17, 15) is 15.0 Å². The molecule has 0 aromatic rings. The van der Waals surface area contributed by atoms with Crippen LogP contribution in [0.1, 0.15) is 335 Å². The third kappa shape index (κ3) is 51.8. The summed E-state index contributed by atoms with van der Waals surface area (Å²) in [5.74, 6) is -0.0244. The summed E-state index contributed by atoms with van der Waals surface area (Å²) in [7, 11) is 0. The van der Waals surface area contributed by atoms with E-state index in [1.54, 1.807) is 0 Å². The van der Waals surface area contributed by atoms with Crippen LogP contribution in [0.15, 0.2) is 24.3 Å². The monoisotopic (exact) mass is 900 g/mol. The molecule has 0 bridgehead atoms. The molecule has 4 nitrogen and oxygen atoms in total. The molecular formula is C60H117NO3. The number of carbonyl (C=O) groups is 1. The van der Waals surface area contributed by atoms with Crippen molar-refractivity contribution in [2.24, 2.45) is 0 Å². The Balaban J connectivity index is 3.36. The highest BCUT2D eigenvalue weighted by atomic mass is 16.3. The summed E-state index contributed by atoms with van der Waals surface area (Å²) in [5, 5.41) is 23.3. The van der Waals surface area contributed by atoms with Crippen molar-refractivity contribution in [3.05, 3.63) is 24.3 Å². The lowest BCUT2D eigenvalue weighted by molar-refractivity contribution is -0.123. The fraction of sp³-hybridized carbons (Fsp3) is 0.917. The number of unbranched alkanes of at least 4 members (excludes halogenated alkanes) is 44. The predicted octanol–water partition coefficient (Wildman–Crippen LogP) is 19.5. The lowest BCUT2D eigenvalue weighted by Crippen LogP contribution is -2.45. The van der Waals surface area contributed by atoms with Gasteiger partial charge in [0.25, 0.3) is 0 Å². The van der Waals surface area contributed by atoms with Crippen molar-refractivity contribution in [2.45, 2.75) is 347 Å². The second-order valence-electron chi connectivity index (χ2n) is 20.4. The third-order valence-corrected chi connectivity index (χ3v) is 14.0. The van der Waals surface area contributed by atoms with Crippen LogP contribution in [-0.4, -0.2) is 34.9 Å². The Morgan fingerprint density at radius 3 is 0.938 bits per heavy atom. The lowest BCUT2D eigenvalue weighted by Gasteiger charge is -2.22. The van der Waals surface area contributed by atoms with Crippen LogP contribution in [0.5, 0.6) is 0 Å². The summed E-state index contributed by atoms with van der Waals surface area (Å²) in [6.45, 7) is 4.38. The molecular weight excluding hydrogens is 783 g/mol. The molecule has 0 fully saturated rings. The summed E-state index contributed by atoms with van der Waals surface area (Å²) in [6, 6.07) is -0.532. The van der Waals surface area contributed by atoms with Gasteiger partial charge in [0.15, 0.2) is 0 Å². The number of aliphatic hydroxyl groups is 2. The molecule has 0 heterocycles. The zero-order valence-corrected chi connectivity index (χ0v) is 43.8. The molecule has 3 N–H and O–H groups in total. The Morgan fingerprint density at radius 1 is 0.375 bits per heavy atom. The van der Waals surface area contributed by atoms with Crippen LogP contribution >= 0.6 is 0 Å². The zero-order chi connectivity index (χ0) is 46.3. The Bertz CT molecular complexity index is 932. The van der Waals surface area contributed by atoms with Gasteiger partial charge in [-0.05, 0) is 44.9 Å². The van der Waals surface area contributed by atoms with Gasteiger partial charge >= 0.3 is 0 Å². The van der Waals surface area contributed by atoms with E-state index in [-0.39, 0.29) is 12.5 Å². The van der Waals surface area contributed by atoms with Gasteiger partial charge in [-0.1, -0.05) is 308 Å². The molecule has 0 saturated carbocycles. The van der Waals surface area contributed by atoms with Crippen molar-refractivity contribution in [1.29, 1.82) is 0 Å². The standard InChI is InChI=1S/C60H117NO3/c1-3-5-7-9-11-13-15-17-19-20-21-22-23-24-25-26-27-28-29-30-31-32-33-34-35-36-37-38-39-40-42-44-46-48-50-52-54-56-60(64)61-58(57-62)59(63)55-53-51-49-47-45-43-41-18-16-14-12-10-8-6-4-2/h15,17,20-21,58-59,62-63H,3-14,16,18-19,22-57H2,1-2H3,(H,61,64)/b17-15-,21-20-. The molecule has 0 spiro atoms. The molecule has 0 rings (SSSR count). The molecule has 2 unspecified atom stereocenters. The van der Waals surface area contributed by atoms with Gasteiger partial charge in [-0.15, -0.1) is 0 Å². The van der Waals surface area contributed by atoms with E-state index in [1.165, 1.54) is 276 Å². The highest BCUT2D eigenvalue weighted by molar-refractivity contribution is 5.76. The topological polar surface area (TPSA) is 69.6 Å². The van der Waals surface area contributed by atoms with E-state index in [4.69, 9.17) is 0 Å². The third-order valence-electron chi connectivity index (χ3n) is 14.0. The fourth-order valence-electron chi connectivity index (χ4n) is 9.45. The smallest absolute Gasteiger partial charge is 0.220 e. The predicted molar refractivity (Wildman–Crippen MR) is 286 cm³/mol. The van der Waals surface area contributed by atoms with E-state index >= 15 is 0 Å². The van der Waals surface area contributed by atoms with Gasteiger partial charge in [-0.2, -0.15) is 0 Å². The Morgan fingerprint density at radius 2 is 0.641 bits per heavy atom. The first kappa shape index (κ1) is 62.9. The van der Waals surface area contributed by atoms with Crippen molar-refractivity contribution in [1.82, 2.24) is 5.32 Å². The highest BCUT2D eigenvalue weighted by Crippen LogP contribution is 2.18. The van der Waals surface area contributed by atoms with Crippen molar-refractivity contribution in [3.8, 4) is 0 Å². The number of allylic oxidation sites excluding steroid dienone is 4. The Hall–Kier alpha value is -1.13. The number of rotatable bonds is 55. The molecule has 380 valence electrons. The SMILES string of the molecule is CCCCCCC/C=C\C/C=C\CCCCCCCCCCCCCCCCCCCCCCCCCCCC(=O)NC(CO)C(O)CCCCCCCCCCCCCCCCC. The molecule has 4 heteroatoms. The van der Waals surface area contributed by atoms with Gasteiger partial charge in [0, 0.05) is 6.42 Å². The lowest BCUT2D eigenvalue weighted by atomic mass is 10.0. The highest BCUT2D eigenvalue weighted by Gasteiger charge is 2.20. The zero-order valence-electron chi connectivity index (χ0n) is 43.8. The van der Waals surface area contributed by atoms with Gasteiger partial charge < -0.3 is 15.5 Å². The number of carbonyl (C=O) groups excluding carboxylic acids is 1. The minimum Gasteiger partial charge on any atom is -0.394 e. The van der Waals surface area contributed by atoms with E-state index in [1.807, 2.05) is 0 Å². The van der Waals surface area contributed by atoms with E-state index < -0.39 is 12.1 Å². The van der Waals surface area contributed by atoms with Crippen molar-refractivity contribution >= 4 is 5.91 Å². The molecule has 0 aromatic heterocycles. The summed E-state index contributed by atoms with van der Waals surface area (Å²) in [5.41, 5.74) is 0. The average Bonchev–Trinajstić information content (AvgIpc) is 3.30. The largest absolute Gasteiger partial charge is 0.394 e. The van der Waals surface area contributed by atoms with Crippen LogP contribution in [0.3, 0.4) is 0 Å². The fourth-order valence-corrected chi connectivity index (χ4v) is 9.45. The minimum absolute atomic E-state index is 0.0244. The minimum atomic E-state index is -0.656. The number of nitrogens with one attached hydrogen (secondary N) is 1. The normalized spacial score (nSPS) is 12.9. The first-order valence-corrected chi connectivity index (χ1v) is 29.5. The first-order valence-electron chi connectivity index (χ1n) is 29.5. The molecule has 1 amide bonds. The first-order chi connectivity index (χ1) is 31.7. The molecule has 2 atom stereocenters. The van der Waals surface area contributed by atoms with Crippen molar-refractivity contribution in [3.63, 3.8) is 0 Å². The second kappa shape index (κ2) is 56.2. The van der Waals surface area contributed by atoms with Crippen LogP contribution in [0, 0.1) is 0 Å². The van der Waals surface area contributed by atoms with Crippen LogP contribution in [0.4, 0.5) is 0 Å². The molecule has 0 saturated heterocycles. The van der Waals surface area contributed by atoms with Crippen molar-refractivity contribution in [2.75, 3.05) is 6.61 Å². The van der Waals surface area contributed by atoms with Gasteiger partial charge in [0.05, 0.1) is 18.8 Å². The molecule has 0 radical (unpaired) electrons. The van der Waals surface area contributed by atoms with Crippen LogP contribution < -0.4 is 5.32 Å². The number of hydrogen-bond donors (Lipinski definition) is 3. The Kier molecular flexibility index (Phi) is 55.2. The summed E-state index contributed by atoms with van der Waals surface area (Å²) in [4.78, 5) is 12.5. The number of amides is 1. The van der Waals surface area contributed by atoms with Crippen LogP contribution in [0.2, 0.25) is 0 Å². The molecule has 0 aliphatic heterocycles. The van der Waals surface area contributed by atoms with Gasteiger partial charge in [-0.3, -0.25) is 4.79 Å². The van der Waals surface area contributed by atoms with Gasteiger partial charge in [0.1, 0.15) is 0 Å². The van der Waals surface area contributed by atoms with Gasteiger partial charge in [0.2, 0.25) is 5.91 Å². The van der Waals surface area contributed by atoms with Crippen LogP contribution in [-0.2, 0) is 4.79 Å². The molecule has 0 aliphatic rings. The molecule has 64 heavy (non-hydrogen) atoms. The average molecular weight is 901 g/mol. The number of aliphatic hydroxyl groups excluding tert-OH is 2. The van der Waals surface area contributed by atoms with E-state index in [2.05, 4.69) is 43.5 Å². The molecule has 0 aromatic carbocycles.